The molecule has 2 aromatic heterocycles. The summed E-state index contributed by atoms with van der Waals surface area (Å²) in [6.45, 7) is 3.72. The zero-order chi connectivity index (χ0) is 17.5. The molecule has 5 rings (SSSR count). The molecule has 2 aliphatic heterocycles. The first-order valence-electron chi connectivity index (χ1n) is 9.40. The Morgan fingerprint density at radius 1 is 1.23 bits per heavy atom. The molecule has 1 aromatic carbocycles. The molecule has 26 heavy (non-hydrogen) atoms. The van der Waals surface area contributed by atoms with E-state index in [-0.39, 0.29) is 0 Å². The number of hydrogen-bond acceptors (Lipinski definition) is 5. The predicted octanol–water partition coefficient (Wildman–Crippen LogP) is 3.32. The first-order valence-corrected chi connectivity index (χ1v) is 9.40. The summed E-state index contributed by atoms with van der Waals surface area (Å²) in [5.41, 5.74) is 2.53. The van der Waals surface area contributed by atoms with Gasteiger partial charge in [-0.1, -0.05) is 35.5 Å². The second-order valence-corrected chi connectivity index (χ2v) is 7.48. The summed E-state index contributed by atoms with van der Waals surface area (Å²) in [6.07, 6.45) is 7.37. The molecule has 0 spiro atoms. The molecular formula is C20H23N5O. The molecule has 0 unspecified atom stereocenters. The molecular weight excluding hydrogens is 326 g/mol. The van der Waals surface area contributed by atoms with Crippen molar-refractivity contribution >= 4 is 0 Å². The van der Waals surface area contributed by atoms with E-state index in [1.54, 1.807) is 0 Å². The Hall–Kier alpha value is -2.47. The second-order valence-electron chi connectivity index (χ2n) is 7.48. The Labute approximate surface area is 152 Å². The molecule has 0 amide bonds. The summed E-state index contributed by atoms with van der Waals surface area (Å²) in [5, 5.41) is 8.64. The SMILES string of the molecule is Cc1cnn(Cc2nc([C@H]3C[C@@H](c4ccccc4)N4CCC[C@H]34)no2)c1. The van der Waals surface area contributed by atoms with Crippen LogP contribution in [-0.4, -0.2) is 37.4 Å². The average Bonchev–Trinajstić information content (AvgIpc) is 3.41. The van der Waals surface area contributed by atoms with E-state index in [1.165, 1.54) is 18.4 Å². The molecule has 6 heteroatoms. The third-order valence-electron chi connectivity index (χ3n) is 5.74. The van der Waals surface area contributed by atoms with Crippen molar-refractivity contribution in [2.24, 2.45) is 0 Å². The number of nitrogens with zero attached hydrogens (tertiary/aromatic N) is 5. The van der Waals surface area contributed by atoms with Crippen molar-refractivity contribution in [2.75, 3.05) is 6.54 Å². The fourth-order valence-corrected chi connectivity index (χ4v) is 4.62. The van der Waals surface area contributed by atoms with Crippen molar-refractivity contribution in [3.63, 3.8) is 0 Å². The minimum absolute atomic E-state index is 0.347. The van der Waals surface area contributed by atoms with Crippen LogP contribution < -0.4 is 0 Å². The van der Waals surface area contributed by atoms with Crippen LogP contribution in [0.4, 0.5) is 0 Å². The summed E-state index contributed by atoms with van der Waals surface area (Å²) in [6, 6.07) is 11.8. The van der Waals surface area contributed by atoms with Gasteiger partial charge in [-0.05, 0) is 43.9 Å². The summed E-state index contributed by atoms with van der Waals surface area (Å²) in [5.74, 6) is 1.84. The van der Waals surface area contributed by atoms with Crippen LogP contribution >= 0.6 is 0 Å². The number of benzene rings is 1. The summed E-state index contributed by atoms with van der Waals surface area (Å²) in [4.78, 5) is 7.37. The van der Waals surface area contributed by atoms with E-state index in [0.717, 1.165) is 24.4 Å². The molecule has 0 radical (unpaired) electrons. The molecule has 3 atom stereocenters. The fourth-order valence-electron chi connectivity index (χ4n) is 4.62. The van der Waals surface area contributed by atoms with E-state index < -0.39 is 0 Å². The minimum atomic E-state index is 0.347. The maximum atomic E-state index is 5.54. The molecule has 2 aliphatic rings. The summed E-state index contributed by atoms with van der Waals surface area (Å²) >= 11 is 0. The predicted molar refractivity (Wildman–Crippen MR) is 96.6 cm³/mol. The van der Waals surface area contributed by atoms with Crippen LogP contribution in [0.2, 0.25) is 0 Å². The molecule has 0 aliphatic carbocycles. The van der Waals surface area contributed by atoms with Gasteiger partial charge in [0.2, 0.25) is 5.89 Å². The lowest BCUT2D eigenvalue weighted by Gasteiger charge is -2.24. The van der Waals surface area contributed by atoms with E-state index in [2.05, 4.69) is 45.5 Å². The lowest BCUT2D eigenvalue weighted by atomic mass is 9.94. The van der Waals surface area contributed by atoms with Crippen LogP contribution in [0.1, 0.15) is 54.1 Å². The van der Waals surface area contributed by atoms with Gasteiger partial charge in [0, 0.05) is 24.2 Å². The molecule has 0 N–H and O–H groups in total. The highest BCUT2D eigenvalue weighted by molar-refractivity contribution is 5.24. The van der Waals surface area contributed by atoms with Crippen molar-refractivity contribution in [2.45, 2.75) is 50.7 Å². The lowest BCUT2D eigenvalue weighted by molar-refractivity contribution is 0.243. The van der Waals surface area contributed by atoms with Gasteiger partial charge in [0.1, 0.15) is 6.54 Å². The average molecular weight is 349 g/mol. The van der Waals surface area contributed by atoms with E-state index >= 15 is 0 Å². The standard InChI is InChI=1S/C20H23N5O/c1-14-11-21-24(12-14)13-19-22-20(23-26-19)16-10-18(15-6-3-2-4-7-15)25-9-5-8-17(16)25/h2-4,6-7,11-12,16-18H,5,8-10,13H2,1H3/t16-,17+,18-/m0/s1. The quantitative estimate of drug-likeness (QED) is 0.723. The third-order valence-corrected chi connectivity index (χ3v) is 5.74. The van der Waals surface area contributed by atoms with E-state index in [0.29, 0.717) is 30.4 Å². The van der Waals surface area contributed by atoms with Gasteiger partial charge in [-0.15, -0.1) is 0 Å². The van der Waals surface area contributed by atoms with Crippen molar-refractivity contribution in [3.8, 4) is 0 Å². The van der Waals surface area contributed by atoms with Gasteiger partial charge in [0.25, 0.3) is 0 Å². The van der Waals surface area contributed by atoms with E-state index in [1.807, 2.05) is 24.0 Å². The smallest absolute Gasteiger partial charge is 0.248 e. The highest BCUT2D eigenvalue weighted by atomic mass is 16.5. The monoisotopic (exact) mass is 349 g/mol. The zero-order valence-electron chi connectivity index (χ0n) is 15.0. The van der Waals surface area contributed by atoms with Crippen molar-refractivity contribution < 1.29 is 4.52 Å². The Kier molecular flexibility index (Phi) is 3.85. The van der Waals surface area contributed by atoms with Crippen LogP contribution in [0.5, 0.6) is 0 Å². The van der Waals surface area contributed by atoms with Gasteiger partial charge in [-0.25, -0.2) is 0 Å². The summed E-state index contributed by atoms with van der Waals surface area (Å²) in [7, 11) is 0. The largest absolute Gasteiger partial charge is 0.337 e. The molecule has 6 nitrogen and oxygen atoms in total. The first kappa shape index (κ1) is 15.8. The van der Waals surface area contributed by atoms with E-state index in [4.69, 9.17) is 9.51 Å². The molecule has 3 aromatic rings. The number of hydrogen-bond donors (Lipinski definition) is 0. The normalized spacial score (nSPS) is 25.7. The van der Waals surface area contributed by atoms with Crippen molar-refractivity contribution in [3.05, 3.63) is 65.6 Å². The van der Waals surface area contributed by atoms with Gasteiger partial charge < -0.3 is 4.52 Å². The van der Waals surface area contributed by atoms with Crippen molar-refractivity contribution in [1.29, 1.82) is 0 Å². The highest BCUT2D eigenvalue weighted by Crippen LogP contribution is 2.48. The van der Waals surface area contributed by atoms with Crippen LogP contribution in [0.15, 0.2) is 47.2 Å². The second kappa shape index (κ2) is 6.36. The molecule has 134 valence electrons. The number of aryl methyl sites for hydroxylation is 1. The number of rotatable bonds is 4. The molecule has 0 saturated carbocycles. The van der Waals surface area contributed by atoms with Crippen LogP contribution in [0.25, 0.3) is 0 Å². The van der Waals surface area contributed by atoms with Gasteiger partial charge in [-0.2, -0.15) is 10.1 Å². The highest BCUT2D eigenvalue weighted by Gasteiger charge is 2.46. The molecule has 2 fully saturated rings. The van der Waals surface area contributed by atoms with Crippen molar-refractivity contribution in [1.82, 2.24) is 24.8 Å². The third kappa shape index (κ3) is 2.74. The van der Waals surface area contributed by atoms with Gasteiger partial charge >= 0.3 is 0 Å². The van der Waals surface area contributed by atoms with Crippen LogP contribution in [0, 0.1) is 6.92 Å². The Bertz CT molecular complexity index is 887. The fraction of sp³-hybridized carbons (Fsp3) is 0.450. The van der Waals surface area contributed by atoms with Gasteiger partial charge in [-0.3, -0.25) is 9.58 Å². The Balaban J connectivity index is 1.38. The van der Waals surface area contributed by atoms with Gasteiger partial charge in [0.05, 0.1) is 6.20 Å². The van der Waals surface area contributed by atoms with Crippen LogP contribution in [-0.2, 0) is 6.54 Å². The maximum absolute atomic E-state index is 5.54. The molecule has 2 saturated heterocycles. The van der Waals surface area contributed by atoms with E-state index in [9.17, 15) is 0 Å². The maximum Gasteiger partial charge on any atom is 0.248 e. The van der Waals surface area contributed by atoms with Gasteiger partial charge in [0.15, 0.2) is 5.82 Å². The lowest BCUT2D eigenvalue weighted by Crippen LogP contribution is -2.27. The number of aromatic nitrogens is 4. The number of fused-ring (bicyclic) bond motifs is 1. The Morgan fingerprint density at radius 2 is 2.12 bits per heavy atom. The summed E-state index contributed by atoms with van der Waals surface area (Å²) < 4.78 is 7.38. The van der Waals surface area contributed by atoms with Crippen LogP contribution in [0.3, 0.4) is 0 Å². The molecule has 4 heterocycles. The first-order chi connectivity index (χ1) is 12.8. The topological polar surface area (TPSA) is 60.0 Å². The molecule has 0 bridgehead atoms. The minimum Gasteiger partial charge on any atom is -0.337 e. The zero-order valence-corrected chi connectivity index (χ0v) is 15.0. The Morgan fingerprint density at radius 3 is 2.92 bits per heavy atom.